The zero-order valence-electron chi connectivity index (χ0n) is 5.03. The molecule has 0 aliphatic carbocycles. The Morgan fingerprint density at radius 2 is 2.38 bits per heavy atom. The summed E-state index contributed by atoms with van der Waals surface area (Å²) in [7, 11) is 2.04. The van der Waals surface area contributed by atoms with Crippen molar-refractivity contribution in [1.82, 2.24) is 10.4 Å². The number of nitrogens with zero attached hydrogens (tertiary/aromatic N) is 1. The van der Waals surface area contributed by atoms with E-state index in [9.17, 15) is 0 Å². The average molecular weight is 224 g/mol. The van der Waals surface area contributed by atoms with Crippen LogP contribution < -0.4 is 5.43 Å². The van der Waals surface area contributed by atoms with Gasteiger partial charge in [-0.2, -0.15) is 0 Å². The van der Waals surface area contributed by atoms with Crippen molar-refractivity contribution in [2.45, 2.75) is 6.92 Å². The first-order valence-electron chi connectivity index (χ1n) is 2.53. The highest BCUT2D eigenvalue weighted by molar-refractivity contribution is 14.1. The van der Waals surface area contributed by atoms with Gasteiger partial charge in [-0.25, -0.2) is 5.01 Å². The van der Waals surface area contributed by atoms with Gasteiger partial charge in [0.05, 0.1) is 3.70 Å². The minimum absolute atomic E-state index is 1.05. The molecule has 0 bridgehead atoms. The van der Waals surface area contributed by atoms with Crippen molar-refractivity contribution in [3.05, 3.63) is 9.28 Å². The van der Waals surface area contributed by atoms with Crippen molar-refractivity contribution >= 4 is 22.6 Å². The number of rotatable bonds is 0. The number of nitrogens with one attached hydrogen (secondary N) is 1. The van der Waals surface area contributed by atoms with E-state index < -0.39 is 0 Å². The molecule has 1 N–H and O–H groups in total. The van der Waals surface area contributed by atoms with Crippen LogP contribution in [0.3, 0.4) is 0 Å². The van der Waals surface area contributed by atoms with Gasteiger partial charge in [0.15, 0.2) is 0 Å². The van der Waals surface area contributed by atoms with Crippen LogP contribution in [0.15, 0.2) is 9.28 Å². The van der Waals surface area contributed by atoms with Crippen LogP contribution >= 0.6 is 22.6 Å². The lowest BCUT2D eigenvalue weighted by molar-refractivity contribution is 0.327. The van der Waals surface area contributed by atoms with Gasteiger partial charge in [0.1, 0.15) is 0 Å². The average Bonchev–Trinajstić information content (AvgIpc) is 1.85. The number of hydrogen-bond donors (Lipinski definition) is 1. The van der Waals surface area contributed by atoms with E-state index in [1.54, 1.807) is 0 Å². The molecule has 0 fully saturated rings. The van der Waals surface area contributed by atoms with E-state index in [4.69, 9.17) is 0 Å². The molecule has 0 saturated heterocycles. The largest absolute Gasteiger partial charge is 0.313 e. The Hall–Kier alpha value is 0.230. The van der Waals surface area contributed by atoms with Crippen molar-refractivity contribution < 1.29 is 0 Å². The Bertz CT molecular complexity index is 116. The highest BCUT2D eigenvalue weighted by Gasteiger charge is 2.10. The second-order valence-corrected chi connectivity index (χ2v) is 3.14. The maximum Gasteiger partial charge on any atom is 0.0878 e. The summed E-state index contributed by atoms with van der Waals surface area (Å²) in [6.07, 6.45) is 0. The lowest BCUT2D eigenvalue weighted by Crippen LogP contribution is -2.25. The lowest BCUT2D eigenvalue weighted by Gasteiger charge is -2.06. The first-order chi connectivity index (χ1) is 3.70. The fourth-order valence-electron chi connectivity index (χ4n) is 0.728. The molecular formula is C5H9IN2. The van der Waals surface area contributed by atoms with Gasteiger partial charge in [-0.15, -0.1) is 0 Å². The molecule has 0 unspecified atom stereocenters. The van der Waals surface area contributed by atoms with Gasteiger partial charge in [0.25, 0.3) is 0 Å². The van der Waals surface area contributed by atoms with Gasteiger partial charge in [0.2, 0.25) is 0 Å². The first kappa shape index (κ1) is 6.35. The van der Waals surface area contributed by atoms with Crippen molar-refractivity contribution in [3.63, 3.8) is 0 Å². The van der Waals surface area contributed by atoms with Crippen LogP contribution in [0.5, 0.6) is 0 Å². The minimum atomic E-state index is 1.05. The second kappa shape index (κ2) is 2.23. The van der Waals surface area contributed by atoms with Crippen LogP contribution in [-0.2, 0) is 0 Å². The van der Waals surface area contributed by atoms with Crippen LogP contribution in [0.25, 0.3) is 0 Å². The molecule has 0 radical (unpaired) electrons. The quantitative estimate of drug-likeness (QED) is 0.489. The molecular weight excluding hydrogens is 215 g/mol. The van der Waals surface area contributed by atoms with Crippen molar-refractivity contribution in [3.8, 4) is 0 Å². The first-order valence-corrected chi connectivity index (χ1v) is 3.61. The fraction of sp³-hybridized carbons (Fsp3) is 0.600. The molecule has 0 atom stereocenters. The fourth-order valence-corrected chi connectivity index (χ4v) is 1.31. The summed E-state index contributed by atoms with van der Waals surface area (Å²) in [5.74, 6) is 0. The Morgan fingerprint density at radius 1 is 1.75 bits per heavy atom. The maximum atomic E-state index is 3.17. The molecule has 0 aromatic rings. The number of hydrogen-bond acceptors (Lipinski definition) is 2. The Labute approximate surface area is 63.0 Å². The maximum absolute atomic E-state index is 3.17. The van der Waals surface area contributed by atoms with Crippen LogP contribution in [0.1, 0.15) is 6.92 Å². The minimum Gasteiger partial charge on any atom is -0.313 e. The van der Waals surface area contributed by atoms with Crippen LogP contribution in [-0.4, -0.2) is 18.6 Å². The van der Waals surface area contributed by atoms with E-state index in [0.717, 1.165) is 6.54 Å². The number of hydrazine groups is 1. The third kappa shape index (κ3) is 1.14. The smallest absolute Gasteiger partial charge is 0.0878 e. The normalized spacial score (nSPS) is 21.9. The van der Waals surface area contributed by atoms with Gasteiger partial charge in [0, 0.05) is 13.6 Å². The zero-order valence-corrected chi connectivity index (χ0v) is 7.19. The summed E-state index contributed by atoms with van der Waals surface area (Å²) in [5, 5.41) is 2.07. The predicted octanol–water partition coefficient (Wildman–Crippen LogP) is 1.10. The molecule has 0 aromatic carbocycles. The summed E-state index contributed by atoms with van der Waals surface area (Å²) in [6, 6.07) is 0. The molecule has 1 aliphatic heterocycles. The van der Waals surface area contributed by atoms with E-state index >= 15 is 0 Å². The van der Waals surface area contributed by atoms with Gasteiger partial charge in [-0.1, -0.05) is 0 Å². The van der Waals surface area contributed by atoms with Gasteiger partial charge in [-0.05, 0) is 35.1 Å². The van der Waals surface area contributed by atoms with Crippen LogP contribution in [0.4, 0.5) is 0 Å². The summed E-state index contributed by atoms with van der Waals surface area (Å²) in [6.45, 7) is 3.19. The molecule has 2 nitrogen and oxygen atoms in total. The molecule has 46 valence electrons. The topological polar surface area (TPSA) is 15.3 Å². The zero-order chi connectivity index (χ0) is 6.15. The lowest BCUT2D eigenvalue weighted by atomic mass is 10.3. The van der Waals surface area contributed by atoms with E-state index in [1.165, 1.54) is 9.28 Å². The van der Waals surface area contributed by atoms with Gasteiger partial charge >= 0.3 is 0 Å². The number of halogens is 1. The molecule has 1 rings (SSSR count). The SMILES string of the molecule is CC1=C(I)NN(C)C1. The van der Waals surface area contributed by atoms with Gasteiger partial charge < -0.3 is 5.43 Å². The number of likely N-dealkylation sites (N-methyl/N-ethyl adjacent to an activating group) is 1. The highest BCUT2D eigenvalue weighted by atomic mass is 127. The standard InChI is InChI=1S/C5H9IN2/c1-4-3-8(2)7-5(4)6/h7H,3H2,1-2H3. The molecule has 1 aliphatic rings. The molecule has 1 heterocycles. The van der Waals surface area contributed by atoms with Crippen molar-refractivity contribution in [2.24, 2.45) is 0 Å². The summed E-state index contributed by atoms with van der Waals surface area (Å²) >= 11 is 2.30. The van der Waals surface area contributed by atoms with Crippen LogP contribution in [0.2, 0.25) is 0 Å². The van der Waals surface area contributed by atoms with E-state index in [-0.39, 0.29) is 0 Å². The van der Waals surface area contributed by atoms with Crippen LogP contribution in [0, 0.1) is 0 Å². The summed E-state index contributed by atoms with van der Waals surface area (Å²) in [5.41, 5.74) is 4.59. The molecule has 0 aromatic heterocycles. The second-order valence-electron chi connectivity index (χ2n) is 2.06. The summed E-state index contributed by atoms with van der Waals surface area (Å²) in [4.78, 5) is 0. The Kier molecular flexibility index (Phi) is 1.77. The predicted molar refractivity (Wildman–Crippen MR) is 42.5 cm³/mol. The Morgan fingerprint density at radius 3 is 2.50 bits per heavy atom. The van der Waals surface area contributed by atoms with Gasteiger partial charge in [-0.3, -0.25) is 0 Å². The van der Waals surface area contributed by atoms with Crippen molar-refractivity contribution in [2.75, 3.05) is 13.6 Å². The highest BCUT2D eigenvalue weighted by Crippen LogP contribution is 2.15. The van der Waals surface area contributed by atoms with Crippen molar-refractivity contribution in [1.29, 1.82) is 0 Å². The third-order valence-corrected chi connectivity index (χ3v) is 2.30. The third-order valence-electron chi connectivity index (χ3n) is 1.14. The Balaban J connectivity index is 2.60. The molecule has 0 saturated carbocycles. The molecule has 0 spiro atoms. The van der Waals surface area contributed by atoms with E-state index in [2.05, 4.69) is 39.9 Å². The van der Waals surface area contributed by atoms with E-state index in [1.807, 2.05) is 7.05 Å². The summed E-state index contributed by atoms with van der Waals surface area (Å²) < 4.78 is 1.27. The molecule has 8 heavy (non-hydrogen) atoms. The molecule has 3 heteroatoms. The van der Waals surface area contributed by atoms with E-state index in [0.29, 0.717) is 0 Å². The molecule has 0 amide bonds. The monoisotopic (exact) mass is 224 g/mol.